The molecule has 0 aliphatic carbocycles. The van der Waals surface area contributed by atoms with Crippen molar-refractivity contribution in [2.75, 3.05) is 5.32 Å². The topological polar surface area (TPSA) is 32.3 Å². The van der Waals surface area contributed by atoms with Crippen LogP contribution in [0.5, 0.6) is 5.75 Å². The molecule has 0 aliphatic rings. The van der Waals surface area contributed by atoms with Crippen LogP contribution in [0.4, 0.5) is 14.5 Å². The first-order valence-electron chi connectivity index (χ1n) is 5.99. The van der Waals surface area contributed by atoms with E-state index in [1.54, 1.807) is 32.0 Å². The maximum absolute atomic E-state index is 13.6. The van der Waals surface area contributed by atoms with Crippen LogP contribution in [0.2, 0.25) is 0 Å². The first kappa shape index (κ1) is 13.3. The third kappa shape index (κ3) is 2.84. The summed E-state index contributed by atoms with van der Waals surface area (Å²) in [6, 6.07) is 8.23. The van der Waals surface area contributed by atoms with Crippen molar-refractivity contribution < 1.29 is 13.9 Å². The lowest BCUT2D eigenvalue weighted by atomic mass is 10.1. The molecule has 0 saturated heterocycles. The van der Waals surface area contributed by atoms with Crippen LogP contribution in [0.15, 0.2) is 36.4 Å². The molecule has 0 aliphatic heterocycles. The van der Waals surface area contributed by atoms with E-state index >= 15 is 0 Å². The number of halogens is 2. The van der Waals surface area contributed by atoms with Crippen LogP contribution in [-0.2, 0) is 0 Å². The summed E-state index contributed by atoms with van der Waals surface area (Å²) < 4.78 is 27.3. The van der Waals surface area contributed by atoms with Gasteiger partial charge < -0.3 is 10.4 Å². The maximum atomic E-state index is 13.6. The minimum atomic E-state index is -0.574. The van der Waals surface area contributed by atoms with Gasteiger partial charge in [-0.15, -0.1) is 0 Å². The normalized spacial score (nSPS) is 12.2. The number of hydrogen-bond acceptors (Lipinski definition) is 2. The van der Waals surface area contributed by atoms with E-state index in [1.807, 2.05) is 0 Å². The van der Waals surface area contributed by atoms with Crippen molar-refractivity contribution in [3.8, 4) is 5.75 Å². The molecule has 2 N–H and O–H groups in total. The lowest BCUT2D eigenvalue weighted by Crippen LogP contribution is -2.10. The molecule has 2 aromatic rings. The minimum absolute atomic E-state index is 0.00762. The molecule has 0 bridgehead atoms. The molecule has 2 rings (SSSR count). The van der Waals surface area contributed by atoms with Crippen molar-refractivity contribution in [2.45, 2.75) is 19.9 Å². The van der Waals surface area contributed by atoms with Crippen LogP contribution in [0.25, 0.3) is 0 Å². The molecular weight excluding hydrogens is 248 g/mol. The zero-order valence-electron chi connectivity index (χ0n) is 10.7. The van der Waals surface area contributed by atoms with Gasteiger partial charge in [0.25, 0.3) is 0 Å². The molecular formula is C15H15F2NO. The molecule has 2 nitrogen and oxygen atoms in total. The zero-order valence-corrected chi connectivity index (χ0v) is 10.7. The molecule has 0 aromatic heterocycles. The van der Waals surface area contributed by atoms with Gasteiger partial charge in [0.1, 0.15) is 17.4 Å². The fourth-order valence-corrected chi connectivity index (χ4v) is 1.99. The Morgan fingerprint density at radius 3 is 2.32 bits per heavy atom. The van der Waals surface area contributed by atoms with E-state index in [4.69, 9.17) is 0 Å². The summed E-state index contributed by atoms with van der Waals surface area (Å²) in [5.74, 6) is -0.957. The standard InChI is InChI=1S/C15H15F2NO/c1-9-8-11(6-7-14(9)19)18-10(2)15-12(16)4-3-5-13(15)17/h3-8,10,18-19H,1-2H3. The lowest BCUT2D eigenvalue weighted by Gasteiger charge is -2.17. The monoisotopic (exact) mass is 263 g/mol. The van der Waals surface area contributed by atoms with E-state index in [2.05, 4.69) is 5.32 Å². The van der Waals surface area contributed by atoms with E-state index in [1.165, 1.54) is 18.2 Å². The smallest absolute Gasteiger partial charge is 0.131 e. The van der Waals surface area contributed by atoms with Crippen molar-refractivity contribution in [3.63, 3.8) is 0 Å². The van der Waals surface area contributed by atoms with E-state index in [-0.39, 0.29) is 11.3 Å². The van der Waals surface area contributed by atoms with Gasteiger partial charge in [0, 0.05) is 11.3 Å². The third-order valence-corrected chi connectivity index (χ3v) is 3.01. The van der Waals surface area contributed by atoms with Gasteiger partial charge in [-0.3, -0.25) is 0 Å². The van der Waals surface area contributed by atoms with Crippen LogP contribution in [0.3, 0.4) is 0 Å². The number of benzene rings is 2. The first-order chi connectivity index (χ1) is 8.99. The van der Waals surface area contributed by atoms with Crippen molar-refractivity contribution >= 4 is 5.69 Å². The summed E-state index contributed by atoms with van der Waals surface area (Å²) in [6.45, 7) is 3.44. The van der Waals surface area contributed by atoms with Crippen LogP contribution >= 0.6 is 0 Å². The summed E-state index contributed by atoms with van der Waals surface area (Å²) >= 11 is 0. The largest absolute Gasteiger partial charge is 0.508 e. The molecule has 2 aromatic carbocycles. The quantitative estimate of drug-likeness (QED) is 0.815. The van der Waals surface area contributed by atoms with Crippen molar-refractivity contribution in [1.82, 2.24) is 0 Å². The zero-order chi connectivity index (χ0) is 14.0. The molecule has 0 radical (unpaired) electrons. The summed E-state index contributed by atoms with van der Waals surface area (Å²) in [4.78, 5) is 0. The van der Waals surface area contributed by atoms with Gasteiger partial charge in [-0.05, 0) is 49.7 Å². The van der Waals surface area contributed by atoms with Crippen molar-refractivity contribution in [1.29, 1.82) is 0 Å². The molecule has 0 spiro atoms. The van der Waals surface area contributed by atoms with E-state index < -0.39 is 17.7 Å². The highest BCUT2D eigenvalue weighted by atomic mass is 19.1. The molecule has 1 unspecified atom stereocenters. The van der Waals surface area contributed by atoms with Gasteiger partial charge in [-0.1, -0.05) is 6.07 Å². The van der Waals surface area contributed by atoms with Crippen LogP contribution in [-0.4, -0.2) is 5.11 Å². The number of hydrogen-bond donors (Lipinski definition) is 2. The first-order valence-corrected chi connectivity index (χ1v) is 5.99. The van der Waals surface area contributed by atoms with Crippen molar-refractivity contribution in [3.05, 3.63) is 59.2 Å². The van der Waals surface area contributed by atoms with Gasteiger partial charge in [-0.2, -0.15) is 0 Å². The number of phenols is 1. The van der Waals surface area contributed by atoms with Gasteiger partial charge in [0.15, 0.2) is 0 Å². The molecule has 100 valence electrons. The Morgan fingerprint density at radius 1 is 1.11 bits per heavy atom. The molecule has 0 amide bonds. The van der Waals surface area contributed by atoms with Gasteiger partial charge in [0.05, 0.1) is 6.04 Å². The number of aromatic hydroxyl groups is 1. The lowest BCUT2D eigenvalue weighted by molar-refractivity contribution is 0.471. The fourth-order valence-electron chi connectivity index (χ4n) is 1.99. The molecule has 0 fully saturated rings. The molecule has 0 heterocycles. The summed E-state index contributed by atoms with van der Waals surface area (Å²) in [7, 11) is 0. The third-order valence-electron chi connectivity index (χ3n) is 3.01. The minimum Gasteiger partial charge on any atom is -0.508 e. The summed E-state index contributed by atoms with van der Waals surface area (Å²) in [6.07, 6.45) is 0. The van der Waals surface area contributed by atoms with Crippen LogP contribution in [0, 0.1) is 18.6 Å². The van der Waals surface area contributed by atoms with E-state index in [0.29, 0.717) is 11.3 Å². The fraction of sp³-hybridized carbons (Fsp3) is 0.200. The second kappa shape index (κ2) is 5.26. The molecule has 1 atom stereocenters. The Hall–Kier alpha value is -2.10. The Morgan fingerprint density at radius 2 is 1.74 bits per heavy atom. The molecule has 0 saturated carbocycles. The molecule has 19 heavy (non-hydrogen) atoms. The SMILES string of the molecule is Cc1cc(NC(C)c2c(F)cccc2F)ccc1O. The summed E-state index contributed by atoms with van der Waals surface area (Å²) in [5, 5.41) is 12.5. The molecule has 4 heteroatoms. The van der Waals surface area contributed by atoms with Crippen LogP contribution < -0.4 is 5.32 Å². The van der Waals surface area contributed by atoms with Gasteiger partial charge in [0.2, 0.25) is 0 Å². The average Bonchev–Trinajstić information content (AvgIpc) is 2.33. The van der Waals surface area contributed by atoms with E-state index in [9.17, 15) is 13.9 Å². The van der Waals surface area contributed by atoms with Gasteiger partial charge >= 0.3 is 0 Å². The van der Waals surface area contributed by atoms with E-state index in [0.717, 1.165) is 0 Å². The second-order valence-corrected chi connectivity index (χ2v) is 4.50. The highest BCUT2D eigenvalue weighted by Crippen LogP contribution is 2.26. The summed E-state index contributed by atoms with van der Waals surface area (Å²) in [5.41, 5.74) is 1.41. The number of rotatable bonds is 3. The Balaban J connectivity index is 2.25. The van der Waals surface area contributed by atoms with Crippen molar-refractivity contribution in [2.24, 2.45) is 0 Å². The highest BCUT2D eigenvalue weighted by Gasteiger charge is 2.15. The number of nitrogens with one attached hydrogen (secondary N) is 1. The highest BCUT2D eigenvalue weighted by molar-refractivity contribution is 5.51. The predicted molar refractivity (Wildman–Crippen MR) is 71.2 cm³/mol. The predicted octanol–water partition coefficient (Wildman–Crippen LogP) is 4.15. The Kier molecular flexibility index (Phi) is 3.69. The average molecular weight is 263 g/mol. The van der Waals surface area contributed by atoms with Gasteiger partial charge in [-0.25, -0.2) is 8.78 Å². The Bertz CT molecular complexity index is 578. The van der Waals surface area contributed by atoms with Crippen LogP contribution in [0.1, 0.15) is 24.1 Å². The number of aryl methyl sites for hydroxylation is 1. The number of phenolic OH excluding ortho intramolecular Hbond substituents is 1. The number of anilines is 1. The second-order valence-electron chi connectivity index (χ2n) is 4.50. The Labute approximate surface area is 110 Å². The maximum Gasteiger partial charge on any atom is 0.131 e.